The van der Waals surface area contributed by atoms with E-state index in [1.165, 1.54) is 42.7 Å². The quantitative estimate of drug-likeness (QED) is 0.562. The van der Waals surface area contributed by atoms with Gasteiger partial charge in [0.25, 0.3) is 11.8 Å². The van der Waals surface area contributed by atoms with Crippen molar-refractivity contribution in [3.05, 3.63) is 83.3 Å². The van der Waals surface area contributed by atoms with E-state index < -0.39 is 39.1 Å². The van der Waals surface area contributed by atoms with Gasteiger partial charge in [-0.2, -0.15) is 13.2 Å². The Bertz CT molecular complexity index is 1250. The van der Waals surface area contributed by atoms with Gasteiger partial charge < -0.3 is 15.1 Å². The molecule has 1 aromatic heterocycles. The molecule has 0 saturated carbocycles. The first-order valence-corrected chi connectivity index (χ1v) is 11.1. The third-order valence-electron chi connectivity index (χ3n) is 4.23. The molecule has 2 aromatic carbocycles. The molecular formula is C21H17F3N2O5S. The highest BCUT2D eigenvalue weighted by Gasteiger charge is 2.34. The lowest BCUT2D eigenvalue weighted by molar-refractivity contribution is -0.136. The van der Waals surface area contributed by atoms with Gasteiger partial charge in [0, 0.05) is 17.5 Å². The van der Waals surface area contributed by atoms with E-state index in [9.17, 15) is 31.2 Å². The Morgan fingerprint density at radius 2 is 1.69 bits per heavy atom. The van der Waals surface area contributed by atoms with Crippen LogP contribution in [0.1, 0.15) is 31.8 Å². The van der Waals surface area contributed by atoms with Crippen LogP contribution in [0.3, 0.4) is 0 Å². The van der Waals surface area contributed by atoms with E-state index in [2.05, 4.69) is 10.6 Å². The molecule has 0 aliphatic rings. The lowest BCUT2D eigenvalue weighted by atomic mass is 10.1. The molecule has 11 heteroatoms. The molecule has 1 heterocycles. The standard InChI is InChI=1S/C21H17F3N2O5S/c1-32(29,30)12-13-3-2-4-14(9-13)19(27)26-18-6-5-16(10-17(18)21(22,23)24)25-20(28)15-7-8-31-11-15/h2-11H,12H2,1H3,(H,25,28)(H,26,27). The second kappa shape index (κ2) is 8.87. The van der Waals surface area contributed by atoms with E-state index in [4.69, 9.17) is 4.42 Å². The van der Waals surface area contributed by atoms with Crippen molar-refractivity contribution in [2.24, 2.45) is 0 Å². The molecule has 2 amide bonds. The zero-order valence-corrected chi connectivity index (χ0v) is 17.4. The number of hydrogen-bond donors (Lipinski definition) is 2. The Balaban J connectivity index is 1.85. The Morgan fingerprint density at radius 1 is 0.969 bits per heavy atom. The normalized spacial score (nSPS) is 11.8. The molecule has 0 saturated heterocycles. The molecule has 0 unspecified atom stereocenters. The highest BCUT2D eigenvalue weighted by atomic mass is 32.2. The van der Waals surface area contributed by atoms with Gasteiger partial charge in [0.05, 0.1) is 28.8 Å². The van der Waals surface area contributed by atoms with Crippen LogP contribution in [0.4, 0.5) is 24.5 Å². The summed E-state index contributed by atoms with van der Waals surface area (Å²) in [5.41, 5.74) is -1.35. The van der Waals surface area contributed by atoms with Gasteiger partial charge in [0.1, 0.15) is 6.26 Å². The zero-order valence-electron chi connectivity index (χ0n) is 16.6. The molecule has 168 valence electrons. The highest BCUT2D eigenvalue weighted by molar-refractivity contribution is 7.89. The van der Waals surface area contributed by atoms with Crippen molar-refractivity contribution in [3.8, 4) is 0 Å². The SMILES string of the molecule is CS(=O)(=O)Cc1cccc(C(=O)Nc2ccc(NC(=O)c3ccoc3)cc2C(F)(F)F)c1. The monoisotopic (exact) mass is 466 g/mol. The van der Waals surface area contributed by atoms with E-state index in [-0.39, 0.29) is 22.6 Å². The van der Waals surface area contributed by atoms with E-state index in [1.807, 2.05) is 0 Å². The number of furan rings is 1. The second-order valence-electron chi connectivity index (χ2n) is 6.95. The number of halogens is 3. The Morgan fingerprint density at radius 3 is 2.31 bits per heavy atom. The first-order chi connectivity index (χ1) is 14.9. The second-order valence-corrected chi connectivity index (χ2v) is 9.09. The molecule has 0 spiro atoms. The van der Waals surface area contributed by atoms with Crippen LogP contribution in [0.5, 0.6) is 0 Å². The number of rotatable bonds is 6. The van der Waals surface area contributed by atoms with Gasteiger partial charge in [-0.15, -0.1) is 0 Å². The summed E-state index contributed by atoms with van der Waals surface area (Å²) in [6.45, 7) is 0. The molecule has 0 aliphatic carbocycles. The van der Waals surface area contributed by atoms with Crippen LogP contribution in [0.2, 0.25) is 0 Å². The number of sulfone groups is 1. The summed E-state index contributed by atoms with van der Waals surface area (Å²) in [6.07, 6.45) is -1.40. The Hall–Kier alpha value is -3.60. The summed E-state index contributed by atoms with van der Waals surface area (Å²) in [5, 5.41) is 4.53. The lowest BCUT2D eigenvalue weighted by Crippen LogP contribution is -2.18. The topological polar surface area (TPSA) is 105 Å². The summed E-state index contributed by atoms with van der Waals surface area (Å²) in [5.74, 6) is -1.82. The number of anilines is 2. The molecule has 0 atom stereocenters. The van der Waals surface area contributed by atoms with Crippen molar-refractivity contribution >= 4 is 33.0 Å². The average Bonchev–Trinajstić information content (AvgIpc) is 3.22. The van der Waals surface area contributed by atoms with Gasteiger partial charge in [-0.25, -0.2) is 8.42 Å². The Labute approximate surface area is 181 Å². The number of alkyl halides is 3. The zero-order chi connectivity index (χ0) is 23.5. The van der Waals surface area contributed by atoms with Crippen LogP contribution >= 0.6 is 0 Å². The van der Waals surface area contributed by atoms with Crippen molar-refractivity contribution in [2.75, 3.05) is 16.9 Å². The van der Waals surface area contributed by atoms with Gasteiger partial charge in [-0.1, -0.05) is 12.1 Å². The van der Waals surface area contributed by atoms with Crippen LogP contribution < -0.4 is 10.6 Å². The van der Waals surface area contributed by atoms with Gasteiger partial charge >= 0.3 is 6.18 Å². The molecule has 0 fully saturated rings. The third-order valence-corrected chi connectivity index (χ3v) is 5.09. The van der Waals surface area contributed by atoms with E-state index >= 15 is 0 Å². The maximum atomic E-state index is 13.6. The van der Waals surface area contributed by atoms with Crippen LogP contribution in [0.25, 0.3) is 0 Å². The predicted molar refractivity (Wildman–Crippen MR) is 111 cm³/mol. The number of carbonyl (C=O) groups excluding carboxylic acids is 2. The van der Waals surface area contributed by atoms with Gasteiger partial charge in [0.15, 0.2) is 9.84 Å². The maximum Gasteiger partial charge on any atom is 0.418 e. The molecule has 0 aliphatic heterocycles. The summed E-state index contributed by atoms with van der Waals surface area (Å²) in [6, 6.07) is 9.87. The third kappa shape index (κ3) is 5.97. The van der Waals surface area contributed by atoms with Crippen molar-refractivity contribution in [3.63, 3.8) is 0 Å². The molecule has 0 bridgehead atoms. The van der Waals surface area contributed by atoms with Crippen molar-refractivity contribution in [2.45, 2.75) is 11.9 Å². The predicted octanol–water partition coefficient (Wildman–Crippen LogP) is 4.35. The van der Waals surface area contributed by atoms with E-state index in [1.54, 1.807) is 0 Å². The van der Waals surface area contributed by atoms with Gasteiger partial charge in [0.2, 0.25) is 0 Å². The molecule has 3 aromatic rings. The first kappa shape index (κ1) is 23.1. The fourth-order valence-corrected chi connectivity index (χ4v) is 3.65. The lowest BCUT2D eigenvalue weighted by Gasteiger charge is -2.16. The number of nitrogens with one attached hydrogen (secondary N) is 2. The van der Waals surface area contributed by atoms with Crippen LogP contribution in [0.15, 0.2) is 65.5 Å². The Kier molecular flexibility index (Phi) is 6.40. The minimum atomic E-state index is -4.82. The molecular weight excluding hydrogens is 449 g/mol. The molecule has 32 heavy (non-hydrogen) atoms. The van der Waals surface area contributed by atoms with Crippen LogP contribution in [0, 0.1) is 0 Å². The number of carbonyl (C=O) groups is 2. The summed E-state index contributed by atoms with van der Waals surface area (Å²) in [4.78, 5) is 24.6. The van der Waals surface area contributed by atoms with Crippen LogP contribution in [-0.2, 0) is 21.8 Å². The fourth-order valence-electron chi connectivity index (χ4n) is 2.86. The number of amides is 2. The number of benzene rings is 2. The van der Waals surface area contributed by atoms with Crippen LogP contribution in [-0.4, -0.2) is 26.5 Å². The van der Waals surface area contributed by atoms with Crippen molar-refractivity contribution in [1.82, 2.24) is 0 Å². The number of hydrogen-bond acceptors (Lipinski definition) is 5. The van der Waals surface area contributed by atoms with E-state index in [0.717, 1.165) is 18.6 Å². The summed E-state index contributed by atoms with van der Waals surface area (Å²) >= 11 is 0. The van der Waals surface area contributed by atoms with Gasteiger partial charge in [-0.05, 0) is 42.0 Å². The summed E-state index contributed by atoms with van der Waals surface area (Å²) < 4.78 is 68.5. The molecule has 7 nitrogen and oxygen atoms in total. The minimum absolute atomic E-state index is 0.00314. The fraction of sp³-hybridized carbons (Fsp3) is 0.143. The first-order valence-electron chi connectivity index (χ1n) is 9.05. The highest BCUT2D eigenvalue weighted by Crippen LogP contribution is 2.37. The van der Waals surface area contributed by atoms with E-state index in [0.29, 0.717) is 11.6 Å². The smallest absolute Gasteiger partial charge is 0.418 e. The van der Waals surface area contributed by atoms with Crippen molar-refractivity contribution < 1.29 is 35.6 Å². The molecule has 0 radical (unpaired) electrons. The average molecular weight is 466 g/mol. The van der Waals surface area contributed by atoms with Crippen molar-refractivity contribution in [1.29, 1.82) is 0 Å². The maximum absolute atomic E-state index is 13.6. The van der Waals surface area contributed by atoms with Gasteiger partial charge in [-0.3, -0.25) is 9.59 Å². The largest absolute Gasteiger partial charge is 0.472 e. The molecule has 2 N–H and O–H groups in total. The minimum Gasteiger partial charge on any atom is -0.472 e. The summed E-state index contributed by atoms with van der Waals surface area (Å²) in [7, 11) is -3.36. The molecule has 3 rings (SSSR count).